The number of fused-ring (bicyclic) bond motifs is 1. The molecule has 4 atom stereocenters. The molecule has 20 heavy (non-hydrogen) atoms. The number of hydrogen-bond donors (Lipinski definition) is 0. The number of nitrogens with zero attached hydrogens (tertiary/aromatic N) is 1. The lowest BCUT2D eigenvalue weighted by Gasteiger charge is -2.45. The number of carbonyl (C=O) groups is 1. The third-order valence-electron chi connectivity index (χ3n) is 5.33. The average molecular weight is 281 g/mol. The lowest BCUT2D eigenvalue weighted by molar-refractivity contribution is 0.0359. The van der Waals surface area contributed by atoms with Gasteiger partial charge in [0.25, 0.3) is 0 Å². The van der Waals surface area contributed by atoms with Crippen molar-refractivity contribution in [3.8, 4) is 0 Å². The van der Waals surface area contributed by atoms with Crippen LogP contribution in [0.15, 0.2) is 0 Å². The molecule has 0 spiro atoms. The topological polar surface area (TPSA) is 38.8 Å². The number of cyclic esters (lactones) is 2. The molecule has 3 rings (SSSR count). The van der Waals surface area contributed by atoms with Gasteiger partial charge in [-0.2, -0.15) is 0 Å². The Bertz CT molecular complexity index is 434. The van der Waals surface area contributed by atoms with Crippen LogP contribution in [0.4, 0.5) is 4.79 Å². The molecule has 0 aromatic heterocycles. The molecule has 0 N–H and O–H groups in total. The van der Waals surface area contributed by atoms with Gasteiger partial charge in [-0.1, -0.05) is 20.8 Å². The predicted molar refractivity (Wildman–Crippen MR) is 76.5 cm³/mol. The molecular formula is C16H27NO3. The lowest BCUT2D eigenvalue weighted by Crippen LogP contribution is -2.51. The molecule has 1 aliphatic carbocycles. The number of likely N-dealkylation sites (tertiary alicyclic amines) is 1. The number of hydrogen-bond acceptors (Lipinski definition) is 4. The third-order valence-corrected chi connectivity index (χ3v) is 5.33. The fourth-order valence-corrected chi connectivity index (χ4v) is 4.32. The quantitative estimate of drug-likeness (QED) is 0.692. The maximum atomic E-state index is 11.3. The molecule has 3 aliphatic rings. The van der Waals surface area contributed by atoms with E-state index in [-0.39, 0.29) is 22.5 Å². The first-order valence-electron chi connectivity index (χ1n) is 7.67. The van der Waals surface area contributed by atoms with Crippen LogP contribution in [0.1, 0.15) is 54.4 Å². The normalized spacial score (nSPS) is 41.3. The van der Waals surface area contributed by atoms with Crippen LogP contribution in [0.2, 0.25) is 0 Å². The Labute approximate surface area is 121 Å². The molecule has 114 valence electrons. The van der Waals surface area contributed by atoms with E-state index in [9.17, 15) is 4.79 Å². The lowest BCUT2D eigenvalue weighted by atomic mass is 9.79. The molecule has 2 heterocycles. The van der Waals surface area contributed by atoms with E-state index >= 15 is 0 Å². The van der Waals surface area contributed by atoms with Crippen molar-refractivity contribution in [2.24, 2.45) is 10.8 Å². The zero-order valence-electron chi connectivity index (χ0n) is 13.5. The Balaban J connectivity index is 1.88. The maximum Gasteiger partial charge on any atom is 0.508 e. The summed E-state index contributed by atoms with van der Waals surface area (Å²) in [6.07, 6.45) is 1.71. The zero-order valence-corrected chi connectivity index (χ0v) is 13.5. The summed E-state index contributed by atoms with van der Waals surface area (Å²) in [5.41, 5.74) is 0.513. The van der Waals surface area contributed by atoms with Crippen LogP contribution < -0.4 is 0 Å². The molecule has 0 bridgehead atoms. The van der Waals surface area contributed by atoms with Crippen LogP contribution in [-0.2, 0) is 9.47 Å². The summed E-state index contributed by atoms with van der Waals surface area (Å²) in [7, 11) is 0. The van der Waals surface area contributed by atoms with Crippen LogP contribution >= 0.6 is 0 Å². The van der Waals surface area contributed by atoms with Crippen molar-refractivity contribution in [3.63, 3.8) is 0 Å². The van der Waals surface area contributed by atoms with Gasteiger partial charge in [0.15, 0.2) is 0 Å². The van der Waals surface area contributed by atoms with Gasteiger partial charge < -0.3 is 9.47 Å². The van der Waals surface area contributed by atoms with Crippen molar-refractivity contribution >= 4 is 6.16 Å². The van der Waals surface area contributed by atoms with E-state index < -0.39 is 6.16 Å². The van der Waals surface area contributed by atoms with Crippen LogP contribution in [0, 0.1) is 10.8 Å². The van der Waals surface area contributed by atoms with Crippen molar-refractivity contribution in [2.75, 3.05) is 6.61 Å². The molecule has 3 fully saturated rings. The second-order valence-electron chi connectivity index (χ2n) is 8.78. The van der Waals surface area contributed by atoms with Gasteiger partial charge in [-0.25, -0.2) is 4.79 Å². The molecule has 0 radical (unpaired) electrons. The van der Waals surface area contributed by atoms with Crippen LogP contribution in [0.3, 0.4) is 0 Å². The van der Waals surface area contributed by atoms with Crippen molar-refractivity contribution in [1.82, 2.24) is 4.90 Å². The molecule has 0 amide bonds. The minimum absolute atomic E-state index is 0.0443. The Morgan fingerprint density at radius 3 is 2.20 bits per heavy atom. The average Bonchev–Trinajstić information content (AvgIpc) is 2.68. The van der Waals surface area contributed by atoms with Gasteiger partial charge in [0.2, 0.25) is 0 Å². The summed E-state index contributed by atoms with van der Waals surface area (Å²) in [6.45, 7) is 14.2. The number of carbonyl (C=O) groups excluding carboxylic acids is 1. The summed E-state index contributed by atoms with van der Waals surface area (Å²) in [5.74, 6) is 0. The van der Waals surface area contributed by atoms with Crippen LogP contribution in [-0.4, -0.2) is 41.4 Å². The van der Waals surface area contributed by atoms with E-state index in [1.165, 1.54) is 0 Å². The molecule has 1 saturated carbocycles. The molecule has 2 aliphatic heterocycles. The van der Waals surface area contributed by atoms with Crippen molar-refractivity contribution < 1.29 is 14.3 Å². The molecular weight excluding hydrogens is 254 g/mol. The molecule has 4 nitrogen and oxygen atoms in total. The van der Waals surface area contributed by atoms with Gasteiger partial charge in [-0.3, -0.25) is 4.90 Å². The van der Waals surface area contributed by atoms with Gasteiger partial charge in [-0.05, 0) is 39.0 Å². The standard InChI is InChI=1S/C16H27NO3/c1-14(2,3)10-7-16(12-9-19-13(18)20-12)8-11(16)17(10)15(4,5)6/h10-12H,7-9H2,1-6H3/t10?,11-,12?,16-/m1/s1. The second-order valence-corrected chi connectivity index (χ2v) is 8.78. The fourth-order valence-electron chi connectivity index (χ4n) is 4.32. The monoisotopic (exact) mass is 281 g/mol. The van der Waals surface area contributed by atoms with E-state index in [0.29, 0.717) is 18.7 Å². The molecule has 4 heteroatoms. The molecule has 2 saturated heterocycles. The van der Waals surface area contributed by atoms with Crippen molar-refractivity contribution in [1.29, 1.82) is 0 Å². The molecule has 2 unspecified atom stereocenters. The Morgan fingerprint density at radius 1 is 1.15 bits per heavy atom. The Hall–Kier alpha value is -0.770. The van der Waals surface area contributed by atoms with Gasteiger partial charge in [0, 0.05) is 23.0 Å². The highest BCUT2D eigenvalue weighted by atomic mass is 16.8. The summed E-state index contributed by atoms with van der Waals surface area (Å²) >= 11 is 0. The van der Waals surface area contributed by atoms with E-state index in [0.717, 1.165) is 12.8 Å². The SMILES string of the molecule is CC(C)(C)C1C[C@@]2(C3COC(=O)O3)C[C@H]2N1C(C)(C)C. The van der Waals surface area contributed by atoms with Gasteiger partial charge >= 0.3 is 6.16 Å². The van der Waals surface area contributed by atoms with E-state index in [4.69, 9.17) is 9.47 Å². The predicted octanol–water partition coefficient (Wildman–Crippen LogP) is 3.20. The van der Waals surface area contributed by atoms with Gasteiger partial charge in [0.1, 0.15) is 12.7 Å². The maximum absolute atomic E-state index is 11.3. The van der Waals surface area contributed by atoms with E-state index in [1.807, 2.05) is 0 Å². The summed E-state index contributed by atoms with van der Waals surface area (Å²) in [5, 5.41) is 0. The van der Waals surface area contributed by atoms with E-state index in [1.54, 1.807) is 0 Å². The largest absolute Gasteiger partial charge is 0.508 e. The second kappa shape index (κ2) is 3.90. The van der Waals surface area contributed by atoms with Gasteiger partial charge in [0.05, 0.1) is 0 Å². The summed E-state index contributed by atoms with van der Waals surface area (Å²) < 4.78 is 10.5. The molecule has 0 aromatic rings. The number of piperidine rings is 1. The summed E-state index contributed by atoms with van der Waals surface area (Å²) in [4.78, 5) is 13.9. The first-order chi connectivity index (χ1) is 9.06. The smallest absolute Gasteiger partial charge is 0.430 e. The highest BCUT2D eigenvalue weighted by molar-refractivity contribution is 5.62. The van der Waals surface area contributed by atoms with Crippen LogP contribution in [0.5, 0.6) is 0 Å². The van der Waals surface area contributed by atoms with E-state index in [2.05, 4.69) is 46.4 Å². The Morgan fingerprint density at radius 2 is 1.80 bits per heavy atom. The first-order valence-corrected chi connectivity index (χ1v) is 7.67. The number of rotatable bonds is 1. The highest BCUT2D eigenvalue weighted by Crippen LogP contribution is 2.66. The number of ether oxygens (including phenoxy) is 2. The third kappa shape index (κ3) is 1.95. The first kappa shape index (κ1) is 14.2. The van der Waals surface area contributed by atoms with Crippen molar-refractivity contribution in [2.45, 2.75) is 78.1 Å². The van der Waals surface area contributed by atoms with Crippen LogP contribution in [0.25, 0.3) is 0 Å². The summed E-state index contributed by atoms with van der Waals surface area (Å²) in [6, 6.07) is 1.06. The minimum Gasteiger partial charge on any atom is -0.430 e. The Kier molecular flexibility index (Phi) is 2.77. The highest BCUT2D eigenvalue weighted by Gasteiger charge is 2.72. The van der Waals surface area contributed by atoms with Crippen molar-refractivity contribution in [3.05, 3.63) is 0 Å². The zero-order chi connectivity index (χ0) is 14.9. The molecule has 0 aromatic carbocycles. The minimum atomic E-state index is -0.489. The van der Waals surface area contributed by atoms with Gasteiger partial charge in [-0.15, -0.1) is 0 Å². The fraction of sp³-hybridized carbons (Fsp3) is 0.938.